The largest absolute Gasteiger partial charge is 0.379 e. The Labute approximate surface area is 141 Å². The number of carbonyl (C=O) groups excluding carboxylic acids is 1. The maximum Gasteiger partial charge on any atom is 0.252 e. The fourth-order valence-corrected chi connectivity index (χ4v) is 2.85. The highest BCUT2D eigenvalue weighted by Crippen LogP contribution is 2.22. The summed E-state index contributed by atoms with van der Waals surface area (Å²) < 4.78 is 5.64. The van der Waals surface area contributed by atoms with Gasteiger partial charge in [0.1, 0.15) is 5.82 Å². The van der Waals surface area contributed by atoms with Gasteiger partial charge in [-0.05, 0) is 43.2 Å². The fraction of sp³-hybridized carbons (Fsp3) is 0.389. The molecule has 1 aliphatic rings. The maximum absolute atomic E-state index is 11.8. The molecule has 2 N–H and O–H groups in total. The topological polar surface area (TPSA) is 76.1 Å². The van der Waals surface area contributed by atoms with Crippen molar-refractivity contribution in [3.05, 3.63) is 54.0 Å². The Bertz CT molecular complexity index is 660. The molecule has 0 radical (unpaired) electrons. The monoisotopic (exact) mass is 326 g/mol. The third kappa shape index (κ3) is 4.08. The lowest BCUT2D eigenvalue weighted by Crippen LogP contribution is -2.29. The number of nitrogens with zero attached hydrogens (tertiary/aromatic N) is 2. The van der Waals surface area contributed by atoms with Gasteiger partial charge in [0.25, 0.3) is 5.91 Å². The third-order valence-electron chi connectivity index (χ3n) is 4.14. The number of hydrogen-bond donors (Lipinski definition) is 2. The molecule has 2 aromatic rings. The molecule has 2 aromatic heterocycles. The number of hydrogen-bond acceptors (Lipinski definition) is 5. The number of nitrogens with one attached hydrogen (secondary N) is 2. The van der Waals surface area contributed by atoms with E-state index < -0.39 is 0 Å². The zero-order valence-electron chi connectivity index (χ0n) is 13.7. The number of ether oxygens (including phenoxy) is 1. The number of pyridine rings is 2. The molecule has 6 heteroatoms. The van der Waals surface area contributed by atoms with Gasteiger partial charge in [-0.25, -0.2) is 4.98 Å². The summed E-state index contributed by atoms with van der Waals surface area (Å²) in [5, 5.41) is 6.19. The lowest BCUT2D eigenvalue weighted by molar-refractivity contribution is 0.0955. The van der Waals surface area contributed by atoms with E-state index in [1.807, 2.05) is 37.5 Å². The number of aromatic nitrogens is 2. The van der Waals surface area contributed by atoms with Crippen molar-refractivity contribution in [3.63, 3.8) is 0 Å². The smallest absolute Gasteiger partial charge is 0.252 e. The van der Waals surface area contributed by atoms with Crippen molar-refractivity contribution >= 4 is 11.7 Å². The summed E-state index contributed by atoms with van der Waals surface area (Å²) in [5.41, 5.74) is 1.82. The minimum Gasteiger partial charge on any atom is -0.379 e. The highest BCUT2D eigenvalue weighted by Gasteiger charge is 2.28. The molecule has 0 aliphatic carbocycles. The molecule has 126 valence electrons. The average molecular weight is 326 g/mol. The molecular weight excluding hydrogens is 304 g/mol. The van der Waals surface area contributed by atoms with Gasteiger partial charge in [-0.1, -0.05) is 0 Å². The van der Waals surface area contributed by atoms with Gasteiger partial charge in [-0.15, -0.1) is 0 Å². The minimum absolute atomic E-state index is 0.101. The van der Waals surface area contributed by atoms with Crippen molar-refractivity contribution in [1.29, 1.82) is 0 Å². The molecule has 1 saturated heterocycles. The van der Waals surface area contributed by atoms with Crippen molar-refractivity contribution in [1.82, 2.24) is 15.3 Å². The zero-order valence-corrected chi connectivity index (χ0v) is 13.7. The van der Waals surface area contributed by atoms with E-state index in [1.54, 1.807) is 12.3 Å². The highest BCUT2D eigenvalue weighted by atomic mass is 16.5. The van der Waals surface area contributed by atoms with Gasteiger partial charge in [-0.3, -0.25) is 9.78 Å². The Balaban J connectivity index is 1.61. The molecule has 6 nitrogen and oxygen atoms in total. The van der Waals surface area contributed by atoms with E-state index in [1.165, 1.54) is 5.56 Å². The SMILES string of the molecule is CCNC(=O)c1ccc(N[C@@H]2COC[C@H]2Cc2ccncc2)nc1. The summed E-state index contributed by atoms with van der Waals surface area (Å²) in [6, 6.07) is 7.91. The van der Waals surface area contributed by atoms with Gasteiger partial charge < -0.3 is 15.4 Å². The first-order chi connectivity index (χ1) is 11.8. The first-order valence-electron chi connectivity index (χ1n) is 8.23. The van der Waals surface area contributed by atoms with E-state index in [0.29, 0.717) is 24.6 Å². The van der Waals surface area contributed by atoms with Crippen LogP contribution in [-0.4, -0.2) is 41.7 Å². The van der Waals surface area contributed by atoms with Crippen LogP contribution in [0, 0.1) is 5.92 Å². The van der Waals surface area contributed by atoms with E-state index in [-0.39, 0.29) is 11.9 Å². The molecule has 0 saturated carbocycles. The molecule has 0 aromatic carbocycles. The zero-order chi connectivity index (χ0) is 16.8. The van der Waals surface area contributed by atoms with E-state index in [0.717, 1.165) is 18.8 Å². The van der Waals surface area contributed by atoms with Crippen LogP contribution in [0.4, 0.5) is 5.82 Å². The van der Waals surface area contributed by atoms with Crippen molar-refractivity contribution in [2.24, 2.45) is 5.92 Å². The number of anilines is 1. The van der Waals surface area contributed by atoms with Gasteiger partial charge in [0.15, 0.2) is 0 Å². The van der Waals surface area contributed by atoms with Gasteiger partial charge in [-0.2, -0.15) is 0 Å². The summed E-state index contributed by atoms with van der Waals surface area (Å²) in [6.07, 6.45) is 6.17. The molecule has 1 aliphatic heterocycles. The van der Waals surface area contributed by atoms with Crippen LogP contribution in [0.1, 0.15) is 22.8 Å². The van der Waals surface area contributed by atoms with Crippen LogP contribution in [0.15, 0.2) is 42.9 Å². The second kappa shape index (κ2) is 7.88. The summed E-state index contributed by atoms with van der Waals surface area (Å²) in [5.74, 6) is 1.05. The van der Waals surface area contributed by atoms with Crippen LogP contribution in [0.5, 0.6) is 0 Å². The number of rotatable bonds is 6. The van der Waals surface area contributed by atoms with Crippen molar-refractivity contribution in [3.8, 4) is 0 Å². The molecule has 0 bridgehead atoms. The van der Waals surface area contributed by atoms with Crippen LogP contribution in [0.2, 0.25) is 0 Å². The first kappa shape index (κ1) is 16.4. The Morgan fingerprint density at radius 2 is 2.08 bits per heavy atom. The standard InChI is InChI=1S/C18H22N4O2/c1-2-20-18(23)14-3-4-17(21-10-14)22-16-12-24-11-15(16)9-13-5-7-19-8-6-13/h3-8,10,15-16H,2,9,11-12H2,1H3,(H,20,23)(H,21,22)/t15-,16-/m1/s1. The van der Waals surface area contributed by atoms with Crippen molar-refractivity contribution in [2.45, 2.75) is 19.4 Å². The van der Waals surface area contributed by atoms with Gasteiger partial charge >= 0.3 is 0 Å². The van der Waals surface area contributed by atoms with E-state index in [4.69, 9.17) is 4.74 Å². The molecule has 1 fully saturated rings. The van der Waals surface area contributed by atoms with Gasteiger partial charge in [0, 0.05) is 31.1 Å². The Hall–Kier alpha value is -2.47. The Morgan fingerprint density at radius 1 is 1.25 bits per heavy atom. The second-order valence-corrected chi connectivity index (χ2v) is 5.90. The highest BCUT2D eigenvalue weighted by molar-refractivity contribution is 5.93. The fourth-order valence-electron chi connectivity index (χ4n) is 2.85. The normalized spacial score (nSPS) is 19.9. The van der Waals surface area contributed by atoms with Gasteiger partial charge in [0.05, 0.1) is 24.8 Å². The molecular formula is C18H22N4O2. The molecule has 3 rings (SSSR count). The predicted octanol–water partition coefficient (Wildman–Crippen LogP) is 1.90. The average Bonchev–Trinajstić information content (AvgIpc) is 3.03. The minimum atomic E-state index is -0.101. The second-order valence-electron chi connectivity index (χ2n) is 5.90. The maximum atomic E-state index is 11.8. The van der Waals surface area contributed by atoms with Crippen LogP contribution in [-0.2, 0) is 11.2 Å². The summed E-state index contributed by atoms with van der Waals surface area (Å²) in [6.45, 7) is 3.89. The Morgan fingerprint density at radius 3 is 2.79 bits per heavy atom. The van der Waals surface area contributed by atoms with Crippen LogP contribution >= 0.6 is 0 Å². The Kier molecular flexibility index (Phi) is 5.38. The molecule has 0 unspecified atom stereocenters. The molecule has 24 heavy (non-hydrogen) atoms. The predicted molar refractivity (Wildman–Crippen MR) is 91.9 cm³/mol. The van der Waals surface area contributed by atoms with Crippen LogP contribution in [0.3, 0.4) is 0 Å². The van der Waals surface area contributed by atoms with Crippen molar-refractivity contribution in [2.75, 3.05) is 25.1 Å². The third-order valence-corrected chi connectivity index (χ3v) is 4.14. The van der Waals surface area contributed by atoms with E-state index >= 15 is 0 Å². The molecule has 3 heterocycles. The van der Waals surface area contributed by atoms with E-state index in [2.05, 4.69) is 20.6 Å². The van der Waals surface area contributed by atoms with Crippen LogP contribution in [0.25, 0.3) is 0 Å². The molecule has 2 atom stereocenters. The first-order valence-corrected chi connectivity index (χ1v) is 8.23. The van der Waals surface area contributed by atoms with Crippen molar-refractivity contribution < 1.29 is 9.53 Å². The summed E-state index contributed by atoms with van der Waals surface area (Å²) in [7, 11) is 0. The number of carbonyl (C=O) groups is 1. The lowest BCUT2D eigenvalue weighted by atomic mass is 9.95. The quantitative estimate of drug-likeness (QED) is 0.848. The lowest BCUT2D eigenvalue weighted by Gasteiger charge is -2.19. The number of amides is 1. The summed E-state index contributed by atoms with van der Waals surface area (Å²) >= 11 is 0. The molecule has 1 amide bonds. The van der Waals surface area contributed by atoms with E-state index in [9.17, 15) is 4.79 Å². The van der Waals surface area contributed by atoms with Crippen LogP contribution < -0.4 is 10.6 Å². The summed E-state index contributed by atoms with van der Waals surface area (Å²) in [4.78, 5) is 20.2. The van der Waals surface area contributed by atoms with Gasteiger partial charge in [0.2, 0.25) is 0 Å². The molecule has 0 spiro atoms.